The Hall–Kier alpha value is -1.59. The van der Waals surface area contributed by atoms with Crippen molar-refractivity contribution in [3.63, 3.8) is 0 Å². The van der Waals surface area contributed by atoms with E-state index in [1.165, 1.54) is 12.1 Å². The van der Waals surface area contributed by atoms with Crippen molar-refractivity contribution < 1.29 is 17.6 Å². The minimum Gasteiger partial charge on any atom is -0.324 e. The number of benzene rings is 2. The number of rotatable bonds is 2. The van der Waals surface area contributed by atoms with Gasteiger partial charge >= 0.3 is 6.18 Å². The summed E-state index contributed by atoms with van der Waals surface area (Å²) in [5.74, 6) is -1.30. The van der Waals surface area contributed by atoms with E-state index in [-0.39, 0.29) is 11.6 Å². The second kappa shape index (κ2) is 5.66. The molecule has 0 aliphatic rings. The Morgan fingerprint density at radius 3 is 2.14 bits per heavy atom. The Morgan fingerprint density at radius 2 is 1.62 bits per heavy atom. The van der Waals surface area contributed by atoms with Crippen LogP contribution >= 0.6 is 11.6 Å². The first-order valence-corrected chi connectivity index (χ1v) is 6.50. The van der Waals surface area contributed by atoms with Crippen LogP contribution in [0.2, 0.25) is 5.02 Å². The Labute approximate surface area is 124 Å². The van der Waals surface area contributed by atoms with Crippen LogP contribution in [0.5, 0.6) is 0 Å². The molecule has 0 aromatic heterocycles. The molecule has 21 heavy (non-hydrogen) atoms. The predicted molar refractivity (Wildman–Crippen MR) is 74.5 cm³/mol. The molecule has 1 unspecified atom stereocenters. The normalized spacial score (nSPS) is 13.3. The number of nitrogens with two attached hydrogens (primary N) is 1. The summed E-state index contributed by atoms with van der Waals surface area (Å²) in [5.41, 5.74) is 5.82. The van der Waals surface area contributed by atoms with Crippen LogP contribution in [0.1, 0.15) is 24.1 Å². The van der Waals surface area contributed by atoms with Gasteiger partial charge in [-0.2, -0.15) is 13.2 Å². The number of alkyl halides is 3. The summed E-state index contributed by atoms with van der Waals surface area (Å²) in [7, 11) is 0. The van der Waals surface area contributed by atoms with Gasteiger partial charge in [-0.25, -0.2) is 4.39 Å². The van der Waals surface area contributed by atoms with Crippen LogP contribution in [0.15, 0.2) is 36.4 Å². The van der Waals surface area contributed by atoms with Gasteiger partial charge in [-0.15, -0.1) is 0 Å². The predicted octanol–water partition coefficient (Wildman–Crippen LogP) is 5.18. The fourth-order valence-corrected chi connectivity index (χ4v) is 2.35. The maximum absolute atomic E-state index is 13.3. The van der Waals surface area contributed by atoms with Crippen LogP contribution in [-0.2, 0) is 6.18 Å². The van der Waals surface area contributed by atoms with Crippen LogP contribution in [0.4, 0.5) is 17.6 Å². The molecule has 1 nitrogen and oxygen atoms in total. The molecule has 6 heteroatoms. The van der Waals surface area contributed by atoms with Crippen molar-refractivity contribution in [1.82, 2.24) is 0 Å². The molecule has 0 aliphatic heterocycles. The summed E-state index contributed by atoms with van der Waals surface area (Å²) in [6, 6.07) is 7.34. The topological polar surface area (TPSA) is 26.0 Å². The molecule has 0 fully saturated rings. The first-order chi connectivity index (χ1) is 9.70. The van der Waals surface area contributed by atoms with Crippen LogP contribution in [0, 0.1) is 5.82 Å². The van der Waals surface area contributed by atoms with Gasteiger partial charge in [0.25, 0.3) is 0 Å². The fourth-order valence-electron chi connectivity index (χ4n) is 2.00. The lowest BCUT2D eigenvalue weighted by Crippen LogP contribution is -2.08. The molecular weight excluding hydrogens is 306 g/mol. The third-order valence-corrected chi connectivity index (χ3v) is 3.42. The molecule has 0 bridgehead atoms. The van der Waals surface area contributed by atoms with Crippen molar-refractivity contribution in [3.8, 4) is 11.1 Å². The van der Waals surface area contributed by atoms with Gasteiger partial charge in [0, 0.05) is 11.1 Å². The van der Waals surface area contributed by atoms with Crippen molar-refractivity contribution in [3.05, 3.63) is 58.4 Å². The van der Waals surface area contributed by atoms with E-state index in [0.29, 0.717) is 16.1 Å². The second-order valence-corrected chi connectivity index (χ2v) is 5.12. The highest BCUT2D eigenvalue weighted by Gasteiger charge is 2.34. The van der Waals surface area contributed by atoms with Gasteiger partial charge in [0.2, 0.25) is 0 Å². The van der Waals surface area contributed by atoms with E-state index in [4.69, 9.17) is 17.3 Å². The quantitative estimate of drug-likeness (QED) is 0.758. The third-order valence-electron chi connectivity index (χ3n) is 3.10. The van der Waals surface area contributed by atoms with Gasteiger partial charge in [0.15, 0.2) is 0 Å². The first-order valence-electron chi connectivity index (χ1n) is 6.12. The summed E-state index contributed by atoms with van der Waals surface area (Å²) >= 11 is 6.06. The van der Waals surface area contributed by atoms with Crippen LogP contribution in [0.25, 0.3) is 11.1 Å². The maximum atomic E-state index is 13.3. The van der Waals surface area contributed by atoms with Gasteiger partial charge in [-0.05, 0) is 41.8 Å². The number of halogens is 5. The molecule has 0 saturated heterocycles. The van der Waals surface area contributed by atoms with Crippen molar-refractivity contribution in [2.45, 2.75) is 19.1 Å². The molecule has 0 saturated carbocycles. The van der Waals surface area contributed by atoms with Gasteiger partial charge < -0.3 is 5.73 Å². The van der Waals surface area contributed by atoms with Crippen molar-refractivity contribution in [1.29, 1.82) is 0 Å². The highest BCUT2D eigenvalue weighted by atomic mass is 35.5. The molecule has 2 aromatic carbocycles. The molecule has 0 aliphatic carbocycles. The zero-order valence-corrected chi connectivity index (χ0v) is 11.8. The Kier molecular flexibility index (Phi) is 4.25. The molecule has 0 amide bonds. The zero-order chi connectivity index (χ0) is 15.8. The van der Waals surface area contributed by atoms with E-state index in [1.54, 1.807) is 19.1 Å². The van der Waals surface area contributed by atoms with Gasteiger partial charge in [0.05, 0.1) is 5.56 Å². The molecule has 2 N–H and O–H groups in total. The maximum Gasteiger partial charge on any atom is 0.419 e. The zero-order valence-electron chi connectivity index (χ0n) is 11.0. The van der Waals surface area contributed by atoms with Crippen LogP contribution in [0.3, 0.4) is 0 Å². The van der Waals surface area contributed by atoms with E-state index in [1.807, 2.05) is 0 Å². The number of hydrogen-bond acceptors (Lipinski definition) is 1. The Morgan fingerprint density at radius 1 is 1.05 bits per heavy atom. The highest BCUT2D eigenvalue weighted by molar-refractivity contribution is 6.31. The molecule has 1 atom stereocenters. The lowest BCUT2D eigenvalue weighted by atomic mass is 9.99. The molecular formula is C15H12ClF4N. The molecule has 0 heterocycles. The van der Waals surface area contributed by atoms with E-state index < -0.39 is 17.6 Å². The van der Waals surface area contributed by atoms with E-state index >= 15 is 0 Å². The largest absolute Gasteiger partial charge is 0.419 e. The molecule has 0 spiro atoms. The summed E-state index contributed by atoms with van der Waals surface area (Å²) in [6.45, 7) is 1.75. The lowest BCUT2D eigenvalue weighted by Gasteiger charge is -2.12. The lowest BCUT2D eigenvalue weighted by molar-refractivity contribution is -0.139. The second-order valence-electron chi connectivity index (χ2n) is 4.72. The Bertz CT molecular complexity index is 665. The van der Waals surface area contributed by atoms with E-state index in [0.717, 1.165) is 12.1 Å². The summed E-state index contributed by atoms with van der Waals surface area (Å²) in [6.07, 6.45) is -4.74. The van der Waals surface area contributed by atoms with Crippen molar-refractivity contribution in [2.75, 3.05) is 0 Å². The van der Waals surface area contributed by atoms with Crippen LogP contribution in [-0.4, -0.2) is 0 Å². The smallest absolute Gasteiger partial charge is 0.324 e. The van der Waals surface area contributed by atoms with Crippen molar-refractivity contribution >= 4 is 11.6 Å². The van der Waals surface area contributed by atoms with Gasteiger partial charge in [-0.1, -0.05) is 29.8 Å². The number of hydrogen-bond donors (Lipinski definition) is 1. The summed E-state index contributed by atoms with van der Waals surface area (Å²) < 4.78 is 51.4. The SMILES string of the molecule is CC(N)c1ccc(-c2ccc(F)c(C(F)(F)F)c2)cc1Cl. The van der Waals surface area contributed by atoms with Crippen molar-refractivity contribution in [2.24, 2.45) is 5.73 Å². The minimum absolute atomic E-state index is 0.238. The molecule has 112 valence electrons. The Balaban J connectivity index is 2.50. The average molecular weight is 318 g/mol. The average Bonchev–Trinajstić information content (AvgIpc) is 2.37. The summed E-state index contributed by atoms with van der Waals surface area (Å²) in [4.78, 5) is 0. The first kappa shape index (κ1) is 15.8. The minimum atomic E-state index is -4.74. The van der Waals surface area contributed by atoms with Crippen LogP contribution < -0.4 is 5.73 Å². The fraction of sp³-hybridized carbons (Fsp3) is 0.200. The monoisotopic (exact) mass is 317 g/mol. The molecule has 2 rings (SSSR count). The van der Waals surface area contributed by atoms with E-state index in [2.05, 4.69) is 0 Å². The summed E-state index contributed by atoms with van der Waals surface area (Å²) in [5, 5.41) is 0.361. The highest BCUT2D eigenvalue weighted by Crippen LogP contribution is 2.35. The third kappa shape index (κ3) is 3.36. The molecule has 2 aromatic rings. The standard InChI is InChI=1S/C15H12ClF4N/c1-8(21)11-4-2-10(7-13(11)16)9-3-5-14(17)12(6-9)15(18,19)20/h2-8H,21H2,1H3. The molecule has 0 radical (unpaired) electrons. The van der Waals surface area contributed by atoms with Gasteiger partial charge in [0.1, 0.15) is 5.82 Å². The van der Waals surface area contributed by atoms with Gasteiger partial charge in [-0.3, -0.25) is 0 Å². The van der Waals surface area contributed by atoms with E-state index in [9.17, 15) is 17.6 Å².